The van der Waals surface area contributed by atoms with E-state index in [1.165, 1.54) is 18.2 Å². The Balaban J connectivity index is 1.97. The van der Waals surface area contributed by atoms with Crippen molar-refractivity contribution >= 4 is 30.4 Å². The summed E-state index contributed by atoms with van der Waals surface area (Å²) >= 11 is 6.24. The molecular formula is C21H21ClNO8P. The van der Waals surface area contributed by atoms with E-state index in [1.54, 1.807) is 7.05 Å². The van der Waals surface area contributed by atoms with Crippen molar-refractivity contribution < 1.29 is 34.9 Å². The molecule has 2 heterocycles. The maximum absolute atomic E-state index is 12.9. The number of nitrogens with zero attached hydrogens (tertiary/aromatic N) is 1. The SMILES string of the molecule is [2H]c1ccc(-c2cc(=O)c3c(O)cc(O)c(C4CCN(C)CC4OP(=O)(O)O)c3o2)c(Cl)c1. The number of phenolic OH excluding ortho intramolecular Hbond substituents is 2. The molecule has 0 bridgehead atoms. The molecule has 170 valence electrons. The second-order valence-corrected chi connectivity index (χ2v) is 9.30. The number of phenols is 2. The summed E-state index contributed by atoms with van der Waals surface area (Å²) in [5.41, 5.74) is -0.306. The fourth-order valence-electron chi connectivity index (χ4n) is 4.11. The van der Waals surface area contributed by atoms with Crippen LogP contribution in [-0.4, -0.2) is 51.1 Å². The molecule has 1 aromatic heterocycles. The smallest absolute Gasteiger partial charge is 0.469 e. The van der Waals surface area contributed by atoms with Gasteiger partial charge in [0.2, 0.25) is 0 Å². The lowest BCUT2D eigenvalue weighted by Crippen LogP contribution is -2.41. The lowest BCUT2D eigenvalue weighted by molar-refractivity contribution is 0.0544. The number of piperidine rings is 1. The van der Waals surface area contributed by atoms with E-state index in [-0.39, 0.29) is 39.9 Å². The number of hydrogen-bond donors (Lipinski definition) is 4. The molecular weight excluding hydrogens is 461 g/mol. The minimum absolute atomic E-state index is 0.0455. The molecule has 0 saturated carbocycles. The van der Waals surface area contributed by atoms with Crippen molar-refractivity contribution in [3.05, 3.63) is 57.2 Å². The van der Waals surface area contributed by atoms with Crippen molar-refractivity contribution in [3.8, 4) is 22.8 Å². The van der Waals surface area contributed by atoms with Crippen LogP contribution in [0.15, 0.2) is 45.6 Å². The number of phosphoric acid groups is 1. The van der Waals surface area contributed by atoms with Crippen LogP contribution in [0.25, 0.3) is 22.3 Å². The van der Waals surface area contributed by atoms with Crippen molar-refractivity contribution in [2.24, 2.45) is 0 Å². The van der Waals surface area contributed by atoms with E-state index in [2.05, 4.69) is 0 Å². The third-order valence-corrected chi connectivity index (χ3v) is 6.34. The Morgan fingerprint density at radius 2 is 2.03 bits per heavy atom. The highest BCUT2D eigenvalue weighted by molar-refractivity contribution is 7.46. The van der Waals surface area contributed by atoms with Gasteiger partial charge in [-0.3, -0.25) is 9.32 Å². The highest BCUT2D eigenvalue weighted by Crippen LogP contribution is 2.47. The Kier molecular flexibility index (Phi) is 5.71. The van der Waals surface area contributed by atoms with Crippen LogP contribution in [0.4, 0.5) is 0 Å². The molecule has 4 rings (SSSR count). The molecule has 4 N–H and O–H groups in total. The third kappa shape index (κ3) is 4.41. The fourth-order valence-corrected chi connectivity index (χ4v) is 4.89. The molecule has 1 fully saturated rings. The topological polar surface area (TPSA) is 141 Å². The van der Waals surface area contributed by atoms with Gasteiger partial charge in [0.25, 0.3) is 0 Å². The molecule has 0 amide bonds. The van der Waals surface area contributed by atoms with Crippen LogP contribution in [0.3, 0.4) is 0 Å². The van der Waals surface area contributed by atoms with Crippen LogP contribution < -0.4 is 5.43 Å². The zero-order valence-electron chi connectivity index (χ0n) is 17.9. The molecule has 3 aromatic rings. The number of hydrogen-bond acceptors (Lipinski definition) is 7. The number of halogens is 1. The zero-order chi connectivity index (χ0) is 24.1. The Bertz CT molecular complexity index is 1340. The number of rotatable bonds is 4. The number of phosphoric ester groups is 1. The van der Waals surface area contributed by atoms with Crippen LogP contribution >= 0.6 is 19.4 Å². The van der Waals surface area contributed by atoms with Gasteiger partial charge in [0.05, 0.1) is 12.5 Å². The van der Waals surface area contributed by atoms with Crippen molar-refractivity contribution in [2.75, 3.05) is 20.1 Å². The van der Waals surface area contributed by atoms with E-state index in [0.717, 1.165) is 12.1 Å². The maximum Gasteiger partial charge on any atom is 0.469 e. The molecule has 1 saturated heterocycles. The van der Waals surface area contributed by atoms with Crippen molar-refractivity contribution in [2.45, 2.75) is 18.4 Å². The predicted octanol–water partition coefficient (Wildman–Crippen LogP) is 3.42. The summed E-state index contributed by atoms with van der Waals surface area (Å²) in [6, 6.07) is 6.66. The molecule has 2 unspecified atom stereocenters. The highest BCUT2D eigenvalue weighted by atomic mass is 35.5. The van der Waals surface area contributed by atoms with Gasteiger partial charge in [0.1, 0.15) is 28.2 Å². The summed E-state index contributed by atoms with van der Waals surface area (Å²) in [5, 5.41) is 21.1. The third-order valence-electron chi connectivity index (χ3n) is 5.48. The molecule has 9 nitrogen and oxygen atoms in total. The molecule has 0 radical (unpaired) electrons. The molecule has 1 aliphatic rings. The molecule has 2 atom stereocenters. The Hall–Kier alpha value is -2.39. The first kappa shape index (κ1) is 21.5. The van der Waals surface area contributed by atoms with Gasteiger partial charge in [-0.25, -0.2) is 4.57 Å². The normalized spacial score (nSPS) is 20.4. The molecule has 32 heavy (non-hydrogen) atoms. The Morgan fingerprint density at radius 1 is 1.28 bits per heavy atom. The standard InChI is InChI=1S/C21H21ClNO8P/c1-23-7-6-12(18(10-23)31-32(27,28)29)19-14(24)8-15(25)20-16(26)9-17(30-21(19)20)11-4-2-3-5-13(11)22/h2-5,8-9,12,18,24-25H,6-7,10H2,1H3,(H2,27,28,29)/i3D. The first-order valence-corrected chi connectivity index (χ1v) is 11.6. The summed E-state index contributed by atoms with van der Waals surface area (Å²) in [5.74, 6) is -1.60. The van der Waals surface area contributed by atoms with Gasteiger partial charge in [-0.15, -0.1) is 0 Å². The lowest BCUT2D eigenvalue weighted by atomic mass is 9.85. The van der Waals surface area contributed by atoms with E-state index in [9.17, 15) is 29.4 Å². The van der Waals surface area contributed by atoms with Gasteiger partial charge in [0, 0.05) is 35.7 Å². The fraction of sp³-hybridized carbons (Fsp3) is 0.286. The van der Waals surface area contributed by atoms with Crippen LogP contribution in [-0.2, 0) is 9.09 Å². The minimum atomic E-state index is -4.87. The van der Waals surface area contributed by atoms with Crippen LogP contribution in [0, 0.1) is 0 Å². The number of likely N-dealkylation sites (N-methyl/N-ethyl adjacent to an activating group) is 1. The largest absolute Gasteiger partial charge is 0.507 e. The lowest BCUT2D eigenvalue weighted by Gasteiger charge is -2.36. The first-order chi connectivity index (χ1) is 15.4. The Labute approximate surface area is 189 Å². The van der Waals surface area contributed by atoms with E-state index >= 15 is 0 Å². The molecule has 0 aliphatic carbocycles. The highest BCUT2D eigenvalue weighted by Gasteiger charge is 2.38. The van der Waals surface area contributed by atoms with Crippen molar-refractivity contribution in [1.82, 2.24) is 4.90 Å². The maximum atomic E-state index is 12.9. The summed E-state index contributed by atoms with van der Waals surface area (Å²) in [6.45, 7) is 0.673. The van der Waals surface area contributed by atoms with Gasteiger partial charge >= 0.3 is 7.82 Å². The van der Waals surface area contributed by atoms with Gasteiger partial charge in [0.15, 0.2) is 5.43 Å². The summed E-state index contributed by atoms with van der Waals surface area (Å²) in [4.78, 5) is 33.6. The minimum Gasteiger partial charge on any atom is -0.507 e. The average Bonchev–Trinajstić information content (AvgIpc) is 2.67. The van der Waals surface area contributed by atoms with Crippen molar-refractivity contribution in [3.63, 3.8) is 0 Å². The monoisotopic (exact) mass is 482 g/mol. The van der Waals surface area contributed by atoms with Gasteiger partial charge in [-0.05, 0) is 32.1 Å². The Morgan fingerprint density at radius 3 is 2.72 bits per heavy atom. The number of fused-ring (bicyclic) bond motifs is 1. The quantitative estimate of drug-likeness (QED) is 0.411. The first-order valence-electron chi connectivity index (χ1n) is 10.2. The van der Waals surface area contributed by atoms with Gasteiger partial charge in [-0.1, -0.05) is 23.7 Å². The van der Waals surface area contributed by atoms with Crippen LogP contribution in [0.5, 0.6) is 11.5 Å². The summed E-state index contributed by atoms with van der Waals surface area (Å²) in [6.07, 6.45) is -0.694. The molecule has 0 spiro atoms. The molecule has 1 aliphatic heterocycles. The van der Waals surface area contributed by atoms with Crippen molar-refractivity contribution in [1.29, 1.82) is 0 Å². The van der Waals surface area contributed by atoms with Gasteiger partial charge in [-0.2, -0.15) is 0 Å². The van der Waals surface area contributed by atoms with E-state index in [1.807, 2.05) is 4.90 Å². The average molecular weight is 483 g/mol. The number of benzene rings is 2. The second-order valence-electron chi connectivity index (χ2n) is 7.71. The second kappa shape index (κ2) is 8.51. The van der Waals surface area contributed by atoms with E-state index < -0.39 is 36.8 Å². The molecule has 2 aromatic carbocycles. The number of aromatic hydroxyl groups is 2. The van der Waals surface area contributed by atoms with Crippen LogP contribution in [0.1, 0.15) is 19.3 Å². The van der Waals surface area contributed by atoms with E-state index in [4.69, 9.17) is 21.9 Å². The van der Waals surface area contributed by atoms with Gasteiger partial charge < -0.3 is 29.3 Å². The molecule has 11 heteroatoms. The summed E-state index contributed by atoms with van der Waals surface area (Å²) < 4.78 is 30.3. The predicted molar refractivity (Wildman–Crippen MR) is 118 cm³/mol. The van der Waals surface area contributed by atoms with Crippen LogP contribution in [0.2, 0.25) is 5.02 Å². The summed E-state index contributed by atoms with van der Waals surface area (Å²) in [7, 11) is -3.11. The van der Waals surface area contributed by atoms with E-state index in [0.29, 0.717) is 18.5 Å². The zero-order valence-corrected chi connectivity index (χ0v) is 18.5. The number of likely N-dealkylation sites (tertiary alicyclic amines) is 1.